The number of H-pyrrole nitrogens is 1. The third-order valence-corrected chi connectivity index (χ3v) is 3.34. The lowest BCUT2D eigenvalue weighted by Crippen LogP contribution is -2.14. The molecule has 0 aliphatic heterocycles. The molecule has 18 heavy (non-hydrogen) atoms. The van der Waals surface area contributed by atoms with Crippen LogP contribution in [0, 0.1) is 17.5 Å². The first kappa shape index (κ1) is 12.4. The summed E-state index contributed by atoms with van der Waals surface area (Å²) in [6.45, 7) is 0. The summed E-state index contributed by atoms with van der Waals surface area (Å²) in [5.41, 5.74) is -0.947. The monoisotopic (exact) mass is 277 g/mol. The predicted molar refractivity (Wildman–Crippen MR) is 55.7 cm³/mol. The number of halogens is 3. The Balaban J connectivity index is 2.42. The average Bonchev–Trinajstić information content (AvgIpc) is 2.77. The molecular weight excluding hydrogens is 271 g/mol. The molecule has 0 aliphatic rings. The number of hydrogen-bond acceptors (Lipinski definition) is 3. The normalized spacial score (nSPS) is 11.5. The Morgan fingerprint density at radius 1 is 1.17 bits per heavy atom. The van der Waals surface area contributed by atoms with E-state index in [0.29, 0.717) is 12.1 Å². The second-order valence-electron chi connectivity index (χ2n) is 3.28. The van der Waals surface area contributed by atoms with Gasteiger partial charge in [-0.3, -0.25) is 9.82 Å². The van der Waals surface area contributed by atoms with Gasteiger partial charge in [0.2, 0.25) is 0 Å². The second kappa shape index (κ2) is 4.33. The molecule has 5 nitrogen and oxygen atoms in total. The van der Waals surface area contributed by atoms with Crippen molar-refractivity contribution in [2.24, 2.45) is 0 Å². The Morgan fingerprint density at radius 3 is 2.28 bits per heavy atom. The first-order valence-corrected chi connectivity index (χ1v) is 6.04. The van der Waals surface area contributed by atoms with Crippen LogP contribution in [0.15, 0.2) is 29.4 Å². The van der Waals surface area contributed by atoms with Crippen LogP contribution in [0.3, 0.4) is 0 Å². The fraction of sp³-hybridized carbons (Fsp3) is 0. The minimum absolute atomic E-state index is 0.300. The van der Waals surface area contributed by atoms with Gasteiger partial charge in [0.1, 0.15) is 16.4 Å². The summed E-state index contributed by atoms with van der Waals surface area (Å²) >= 11 is 0. The van der Waals surface area contributed by atoms with Gasteiger partial charge in [0.25, 0.3) is 10.0 Å². The lowest BCUT2D eigenvalue weighted by molar-refractivity contribution is 0.547. The number of aromatic nitrogens is 2. The smallest absolute Gasteiger partial charge is 0.265 e. The lowest BCUT2D eigenvalue weighted by Gasteiger charge is -2.08. The molecule has 0 bridgehead atoms. The van der Waals surface area contributed by atoms with Gasteiger partial charge in [-0.25, -0.2) is 21.6 Å². The number of nitrogens with zero attached hydrogens (tertiary/aromatic N) is 1. The van der Waals surface area contributed by atoms with Crippen LogP contribution in [0.25, 0.3) is 0 Å². The Labute approximate surface area is 99.7 Å². The van der Waals surface area contributed by atoms with Crippen molar-refractivity contribution in [2.45, 2.75) is 4.90 Å². The molecule has 2 aromatic rings. The molecule has 1 aromatic heterocycles. The number of nitrogens with one attached hydrogen (secondary N) is 2. The molecule has 2 rings (SSSR count). The molecule has 1 aromatic carbocycles. The highest BCUT2D eigenvalue weighted by Crippen LogP contribution is 2.23. The van der Waals surface area contributed by atoms with Gasteiger partial charge in [-0.15, -0.1) is 0 Å². The Kier molecular flexibility index (Phi) is 2.99. The summed E-state index contributed by atoms with van der Waals surface area (Å²) in [6, 6.07) is 0.743. The van der Waals surface area contributed by atoms with Crippen LogP contribution in [0.4, 0.5) is 18.9 Å². The van der Waals surface area contributed by atoms with E-state index < -0.39 is 33.2 Å². The SMILES string of the molecule is O=S(=O)(Nc1c(F)cc(F)cc1F)c1cn[nH]c1. The second-order valence-corrected chi connectivity index (χ2v) is 4.97. The molecule has 9 heteroatoms. The maximum absolute atomic E-state index is 13.3. The Bertz CT molecular complexity index is 647. The van der Waals surface area contributed by atoms with Gasteiger partial charge in [0, 0.05) is 18.3 Å². The van der Waals surface area contributed by atoms with E-state index in [1.807, 2.05) is 0 Å². The molecule has 0 aliphatic carbocycles. The Morgan fingerprint density at radius 2 is 1.78 bits per heavy atom. The van der Waals surface area contributed by atoms with Gasteiger partial charge >= 0.3 is 0 Å². The molecule has 0 amide bonds. The first-order chi connectivity index (χ1) is 8.40. The first-order valence-electron chi connectivity index (χ1n) is 4.56. The highest BCUT2D eigenvalue weighted by Gasteiger charge is 2.20. The molecular formula is C9H6F3N3O2S. The molecule has 0 atom stereocenters. The predicted octanol–water partition coefficient (Wildman–Crippen LogP) is 1.63. The number of benzene rings is 1. The fourth-order valence-corrected chi connectivity index (χ4v) is 2.20. The minimum Gasteiger partial charge on any atom is -0.284 e. The quantitative estimate of drug-likeness (QED) is 0.895. The molecule has 1 heterocycles. The van der Waals surface area contributed by atoms with E-state index in [-0.39, 0.29) is 4.90 Å². The molecule has 0 unspecified atom stereocenters. The molecule has 2 N–H and O–H groups in total. The van der Waals surface area contributed by atoms with Crippen LogP contribution >= 0.6 is 0 Å². The van der Waals surface area contributed by atoms with Crippen LogP contribution < -0.4 is 4.72 Å². The summed E-state index contributed by atoms with van der Waals surface area (Å²) in [5, 5.41) is 5.64. The van der Waals surface area contributed by atoms with E-state index in [9.17, 15) is 21.6 Å². The van der Waals surface area contributed by atoms with Crippen molar-refractivity contribution in [3.8, 4) is 0 Å². The van der Waals surface area contributed by atoms with E-state index >= 15 is 0 Å². The van der Waals surface area contributed by atoms with Crippen molar-refractivity contribution >= 4 is 15.7 Å². The Hall–Kier alpha value is -2.03. The zero-order valence-corrected chi connectivity index (χ0v) is 9.43. The zero-order valence-electron chi connectivity index (χ0n) is 8.62. The van der Waals surface area contributed by atoms with Gasteiger partial charge in [-0.05, 0) is 0 Å². The van der Waals surface area contributed by atoms with Gasteiger partial charge < -0.3 is 0 Å². The van der Waals surface area contributed by atoms with Crippen LogP contribution in [0.2, 0.25) is 0 Å². The average molecular weight is 277 g/mol. The highest BCUT2D eigenvalue weighted by atomic mass is 32.2. The van der Waals surface area contributed by atoms with Crippen molar-refractivity contribution in [2.75, 3.05) is 4.72 Å². The zero-order chi connectivity index (χ0) is 13.3. The van der Waals surface area contributed by atoms with Crippen molar-refractivity contribution in [3.05, 3.63) is 42.0 Å². The summed E-state index contributed by atoms with van der Waals surface area (Å²) < 4.78 is 64.1. The van der Waals surface area contributed by atoms with E-state index in [1.165, 1.54) is 0 Å². The number of hydrogen-bond donors (Lipinski definition) is 2. The molecule has 0 saturated carbocycles. The summed E-state index contributed by atoms with van der Waals surface area (Å²) in [4.78, 5) is -0.300. The summed E-state index contributed by atoms with van der Waals surface area (Å²) in [5.74, 6) is -3.84. The van der Waals surface area contributed by atoms with Crippen molar-refractivity contribution in [1.82, 2.24) is 10.2 Å². The number of aromatic amines is 1. The topological polar surface area (TPSA) is 74.8 Å². The van der Waals surface area contributed by atoms with Crippen LogP contribution in [-0.2, 0) is 10.0 Å². The molecule has 96 valence electrons. The van der Waals surface area contributed by atoms with Crippen LogP contribution in [-0.4, -0.2) is 18.6 Å². The van der Waals surface area contributed by atoms with Gasteiger partial charge in [-0.2, -0.15) is 5.10 Å². The summed E-state index contributed by atoms with van der Waals surface area (Å²) in [7, 11) is -4.17. The van der Waals surface area contributed by atoms with E-state index in [4.69, 9.17) is 0 Å². The van der Waals surface area contributed by atoms with Gasteiger partial charge in [0.05, 0.1) is 6.20 Å². The number of sulfonamides is 1. The van der Waals surface area contributed by atoms with E-state index in [1.54, 1.807) is 4.72 Å². The van der Waals surface area contributed by atoms with Crippen LogP contribution in [0.1, 0.15) is 0 Å². The number of rotatable bonds is 3. The van der Waals surface area contributed by atoms with Crippen molar-refractivity contribution < 1.29 is 21.6 Å². The third kappa shape index (κ3) is 2.30. The van der Waals surface area contributed by atoms with E-state index in [0.717, 1.165) is 12.4 Å². The maximum Gasteiger partial charge on any atom is 0.265 e. The third-order valence-electron chi connectivity index (χ3n) is 2.03. The largest absolute Gasteiger partial charge is 0.284 e. The minimum atomic E-state index is -4.17. The fourth-order valence-electron chi connectivity index (χ4n) is 1.22. The highest BCUT2D eigenvalue weighted by molar-refractivity contribution is 7.92. The number of anilines is 1. The van der Waals surface area contributed by atoms with Crippen LogP contribution in [0.5, 0.6) is 0 Å². The molecule has 0 spiro atoms. The standard InChI is InChI=1S/C9H6F3N3O2S/c10-5-1-7(11)9(8(12)2-5)15-18(16,17)6-3-13-14-4-6/h1-4,15H,(H,13,14). The molecule has 0 radical (unpaired) electrons. The maximum atomic E-state index is 13.3. The summed E-state index contributed by atoms with van der Waals surface area (Å²) in [6.07, 6.45) is 1.99. The van der Waals surface area contributed by atoms with Gasteiger partial charge in [-0.1, -0.05) is 0 Å². The van der Waals surface area contributed by atoms with Crippen molar-refractivity contribution in [3.63, 3.8) is 0 Å². The van der Waals surface area contributed by atoms with Gasteiger partial charge in [0.15, 0.2) is 11.6 Å². The van der Waals surface area contributed by atoms with E-state index in [2.05, 4.69) is 10.2 Å². The molecule has 0 saturated heterocycles. The lowest BCUT2D eigenvalue weighted by atomic mass is 10.3. The molecule has 0 fully saturated rings. The van der Waals surface area contributed by atoms with Crippen molar-refractivity contribution in [1.29, 1.82) is 0 Å².